The van der Waals surface area contributed by atoms with Crippen LogP contribution in [0.15, 0.2) is 53.4 Å². The molecule has 6 nitrogen and oxygen atoms in total. The third-order valence-corrected chi connectivity index (χ3v) is 8.71. The first-order chi connectivity index (χ1) is 15.4. The van der Waals surface area contributed by atoms with Gasteiger partial charge in [0.05, 0.1) is 17.7 Å². The Morgan fingerprint density at radius 3 is 2.53 bits per heavy atom. The van der Waals surface area contributed by atoms with Crippen molar-refractivity contribution in [1.82, 2.24) is 5.32 Å². The van der Waals surface area contributed by atoms with Crippen molar-refractivity contribution in [3.05, 3.63) is 54.1 Å². The Bertz CT molecular complexity index is 990. The number of nitrogens with one attached hydrogen (secondary N) is 1. The molecule has 0 heterocycles. The van der Waals surface area contributed by atoms with Crippen molar-refractivity contribution in [3.63, 3.8) is 0 Å². The predicted molar refractivity (Wildman–Crippen MR) is 131 cm³/mol. The first-order valence-electron chi connectivity index (χ1n) is 11.0. The van der Waals surface area contributed by atoms with E-state index in [9.17, 15) is 13.2 Å². The molecule has 0 radical (unpaired) electrons. The van der Waals surface area contributed by atoms with E-state index in [-0.39, 0.29) is 17.3 Å². The molecule has 1 aliphatic rings. The summed E-state index contributed by atoms with van der Waals surface area (Å²) in [5.41, 5.74) is 1.22. The van der Waals surface area contributed by atoms with Gasteiger partial charge in [0.2, 0.25) is 5.91 Å². The van der Waals surface area contributed by atoms with Crippen LogP contribution in [-0.2, 0) is 14.8 Å². The molecule has 1 aliphatic carbocycles. The zero-order valence-corrected chi connectivity index (χ0v) is 20.4. The summed E-state index contributed by atoms with van der Waals surface area (Å²) >= 11 is 1.90. The smallest absolute Gasteiger partial charge is 0.264 e. The molecule has 2 aromatic carbocycles. The Hall–Kier alpha value is -2.19. The highest BCUT2D eigenvalue weighted by molar-refractivity contribution is 7.99. The zero-order valence-electron chi connectivity index (χ0n) is 18.7. The van der Waals surface area contributed by atoms with Gasteiger partial charge < -0.3 is 10.1 Å². The number of ether oxygens (including phenoxy) is 1. The Morgan fingerprint density at radius 2 is 1.84 bits per heavy atom. The second-order valence-corrected chi connectivity index (χ2v) is 11.3. The van der Waals surface area contributed by atoms with Crippen molar-refractivity contribution in [2.45, 2.75) is 49.2 Å². The van der Waals surface area contributed by atoms with E-state index in [1.54, 1.807) is 30.3 Å². The standard InChI is InChI=1S/C24H32N2O4S2/c1-19-13-14-23(30-2)22(17-19)26(32(28,29)21-11-7-4-8-12-21)18-24(27)25-15-16-31-20-9-5-3-6-10-20/h4,7-8,11-14,17,20H,3,5-6,9-10,15-16,18H2,1-2H3,(H,25,27). The molecule has 0 bridgehead atoms. The lowest BCUT2D eigenvalue weighted by Crippen LogP contribution is -2.41. The number of sulfonamides is 1. The van der Waals surface area contributed by atoms with Gasteiger partial charge in [0, 0.05) is 17.5 Å². The molecule has 0 saturated heterocycles. The minimum Gasteiger partial charge on any atom is -0.495 e. The molecule has 1 fully saturated rings. The second-order valence-electron chi connectivity index (χ2n) is 7.98. The van der Waals surface area contributed by atoms with Gasteiger partial charge in [-0.1, -0.05) is 43.5 Å². The number of hydrogen-bond donors (Lipinski definition) is 1. The van der Waals surface area contributed by atoms with Crippen LogP contribution in [0, 0.1) is 6.92 Å². The number of rotatable bonds is 10. The molecule has 0 unspecified atom stereocenters. The highest BCUT2D eigenvalue weighted by Gasteiger charge is 2.29. The average Bonchev–Trinajstić information content (AvgIpc) is 2.81. The largest absolute Gasteiger partial charge is 0.495 e. The molecule has 32 heavy (non-hydrogen) atoms. The highest BCUT2D eigenvalue weighted by atomic mass is 32.2. The van der Waals surface area contributed by atoms with Crippen molar-refractivity contribution in [3.8, 4) is 5.75 Å². The number of carbonyl (C=O) groups is 1. The van der Waals surface area contributed by atoms with Crippen LogP contribution in [0.5, 0.6) is 5.75 Å². The van der Waals surface area contributed by atoms with Gasteiger partial charge >= 0.3 is 0 Å². The molecular formula is C24H32N2O4S2. The maximum atomic E-state index is 13.5. The third-order valence-electron chi connectivity index (χ3n) is 5.55. The van der Waals surface area contributed by atoms with Gasteiger partial charge in [0.1, 0.15) is 12.3 Å². The number of amides is 1. The fraction of sp³-hybridized carbons (Fsp3) is 0.458. The van der Waals surface area contributed by atoms with E-state index in [2.05, 4.69) is 5.32 Å². The molecule has 3 rings (SSSR count). The quantitative estimate of drug-likeness (QED) is 0.515. The second kappa shape index (κ2) is 11.6. The summed E-state index contributed by atoms with van der Waals surface area (Å²) in [5.74, 6) is 0.892. The lowest BCUT2D eigenvalue weighted by molar-refractivity contribution is -0.119. The van der Waals surface area contributed by atoms with E-state index in [0.717, 1.165) is 15.6 Å². The third kappa shape index (κ3) is 6.42. The van der Waals surface area contributed by atoms with Crippen LogP contribution in [-0.4, -0.2) is 45.5 Å². The van der Waals surface area contributed by atoms with Gasteiger partial charge in [-0.15, -0.1) is 0 Å². The molecule has 8 heteroatoms. The topological polar surface area (TPSA) is 75.7 Å². The Labute approximate surface area is 195 Å². The Morgan fingerprint density at radius 1 is 1.12 bits per heavy atom. The van der Waals surface area contributed by atoms with E-state index in [4.69, 9.17) is 4.74 Å². The number of carbonyl (C=O) groups excluding carboxylic acids is 1. The van der Waals surface area contributed by atoms with Crippen LogP contribution in [0.3, 0.4) is 0 Å². The van der Waals surface area contributed by atoms with Crippen molar-refractivity contribution < 1.29 is 17.9 Å². The van der Waals surface area contributed by atoms with Crippen LogP contribution in [0.25, 0.3) is 0 Å². The van der Waals surface area contributed by atoms with E-state index in [1.165, 1.54) is 51.3 Å². The van der Waals surface area contributed by atoms with Crippen molar-refractivity contribution in [2.24, 2.45) is 0 Å². The lowest BCUT2D eigenvalue weighted by atomic mass is 10.0. The summed E-state index contributed by atoms with van der Waals surface area (Å²) in [7, 11) is -2.47. The van der Waals surface area contributed by atoms with Crippen molar-refractivity contribution in [1.29, 1.82) is 0 Å². The molecule has 0 atom stereocenters. The van der Waals surface area contributed by atoms with Gasteiger partial charge in [-0.05, 0) is 49.6 Å². The molecule has 2 aromatic rings. The number of benzene rings is 2. The highest BCUT2D eigenvalue weighted by Crippen LogP contribution is 2.33. The fourth-order valence-electron chi connectivity index (χ4n) is 3.85. The van der Waals surface area contributed by atoms with Crippen LogP contribution >= 0.6 is 11.8 Å². The maximum Gasteiger partial charge on any atom is 0.264 e. The normalized spacial score (nSPS) is 14.7. The molecule has 174 valence electrons. The predicted octanol–water partition coefficient (Wildman–Crippen LogP) is 4.38. The van der Waals surface area contributed by atoms with Crippen molar-refractivity contribution >= 4 is 33.4 Å². The van der Waals surface area contributed by atoms with E-state index >= 15 is 0 Å². The molecule has 1 amide bonds. The van der Waals surface area contributed by atoms with Gasteiger partial charge in [-0.2, -0.15) is 11.8 Å². The summed E-state index contributed by atoms with van der Waals surface area (Å²) < 4.78 is 33.5. The minimum absolute atomic E-state index is 0.129. The minimum atomic E-state index is -3.96. The summed E-state index contributed by atoms with van der Waals surface area (Å²) in [6.07, 6.45) is 6.38. The summed E-state index contributed by atoms with van der Waals surface area (Å²) in [6, 6.07) is 13.4. The SMILES string of the molecule is COc1ccc(C)cc1N(CC(=O)NCCSC1CCCCC1)S(=O)(=O)c1ccccc1. The van der Waals surface area contributed by atoms with Gasteiger partial charge in [-0.3, -0.25) is 9.10 Å². The maximum absolute atomic E-state index is 13.5. The lowest BCUT2D eigenvalue weighted by Gasteiger charge is -2.26. The number of hydrogen-bond acceptors (Lipinski definition) is 5. The monoisotopic (exact) mass is 476 g/mol. The molecule has 0 spiro atoms. The average molecular weight is 477 g/mol. The van der Waals surface area contributed by atoms with Crippen LogP contribution in [0.4, 0.5) is 5.69 Å². The summed E-state index contributed by atoms with van der Waals surface area (Å²) in [5, 5.41) is 3.56. The van der Waals surface area contributed by atoms with E-state index in [1.807, 2.05) is 24.8 Å². The molecular weight excluding hydrogens is 444 g/mol. The van der Waals surface area contributed by atoms with Gasteiger partial charge in [-0.25, -0.2) is 8.42 Å². The summed E-state index contributed by atoms with van der Waals surface area (Å²) in [6.45, 7) is 2.08. The number of anilines is 1. The first-order valence-corrected chi connectivity index (χ1v) is 13.5. The summed E-state index contributed by atoms with van der Waals surface area (Å²) in [4.78, 5) is 12.9. The number of thioether (sulfide) groups is 1. The Balaban J connectivity index is 1.74. The van der Waals surface area contributed by atoms with E-state index in [0.29, 0.717) is 23.2 Å². The molecule has 1 saturated carbocycles. The van der Waals surface area contributed by atoms with Crippen LogP contribution < -0.4 is 14.4 Å². The molecule has 0 aromatic heterocycles. The van der Waals surface area contributed by atoms with Gasteiger partial charge in [0.15, 0.2) is 0 Å². The number of methoxy groups -OCH3 is 1. The molecule has 1 N–H and O–H groups in total. The van der Waals surface area contributed by atoms with Crippen molar-refractivity contribution in [2.75, 3.05) is 30.3 Å². The van der Waals surface area contributed by atoms with Crippen LogP contribution in [0.2, 0.25) is 0 Å². The Kier molecular flexibility index (Phi) is 8.87. The zero-order chi connectivity index (χ0) is 23.0. The number of nitrogens with zero attached hydrogens (tertiary/aromatic N) is 1. The van der Waals surface area contributed by atoms with Gasteiger partial charge in [0.25, 0.3) is 10.0 Å². The molecule has 0 aliphatic heterocycles. The number of aryl methyl sites for hydroxylation is 1. The van der Waals surface area contributed by atoms with E-state index < -0.39 is 10.0 Å². The van der Waals surface area contributed by atoms with Crippen LogP contribution in [0.1, 0.15) is 37.7 Å². The first kappa shape index (κ1) is 24.5. The fourth-order valence-corrected chi connectivity index (χ4v) is 6.51.